The lowest BCUT2D eigenvalue weighted by atomic mass is 10.0. The number of nitrogens with one attached hydrogen (secondary N) is 2. The van der Waals surface area contributed by atoms with Gasteiger partial charge in [0.05, 0.1) is 29.9 Å². The molecule has 0 bridgehead atoms. The molecule has 0 saturated heterocycles. The average molecular weight is 442 g/mol. The number of hydrogen-bond donors (Lipinski definition) is 2. The highest BCUT2D eigenvalue weighted by molar-refractivity contribution is 6.02. The molecule has 0 saturated carbocycles. The summed E-state index contributed by atoms with van der Waals surface area (Å²) in [4.78, 5) is 39.5. The fourth-order valence-corrected chi connectivity index (χ4v) is 4.53. The summed E-state index contributed by atoms with van der Waals surface area (Å²) in [6, 6.07) is 7.40. The summed E-state index contributed by atoms with van der Waals surface area (Å²) < 4.78 is 7.87. The van der Waals surface area contributed by atoms with Gasteiger partial charge in [0.25, 0.3) is 11.8 Å². The summed E-state index contributed by atoms with van der Waals surface area (Å²) in [5.74, 6) is 1.25. The first-order valence-electron chi connectivity index (χ1n) is 10.9. The number of carbonyl (C=O) groups excluding carboxylic acids is 2. The van der Waals surface area contributed by atoms with Gasteiger partial charge in [0.15, 0.2) is 0 Å². The molecule has 2 amide bonds. The number of amides is 2. The Morgan fingerprint density at radius 1 is 1.18 bits per heavy atom. The second kappa shape index (κ2) is 7.47. The molecular formula is C24H22N6O3. The molecule has 9 heteroatoms. The van der Waals surface area contributed by atoms with Crippen LogP contribution in [-0.4, -0.2) is 55.9 Å². The van der Waals surface area contributed by atoms with Crippen LogP contribution in [0.4, 0.5) is 0 Å². The lowest BCUT2D eigenvalue weighted by Gasteiger charge is -2.27. The number of aromatic amines is 1. The molecule has 2 aliphatic heterocycles. The van der Waals surface area contributed by atoms with Crippen LogP contribution in [0.2, 0.25) is 0 Å². The van der Waals surface area contributed by atoms with Gasteiger partial charge in [0, 0.05) is 42.6 Å². The van der Waals surface area contributed by atoms with Crippen molar-refractivity contribution in [2.45, 2.75) is 20.0 Å². The average Bonchev–Trinajstić information content (AvgIpc) is 3.37. The van der Waals surface area contributed by atoms with Crippen molar-refractivity contribution >= 4 is 22.8 Å². The van der Waals surface area contributed by atoms with Crippen molar-refractivity contribution in [1.82, 2.24) is 29.7 Å². The third-order valence-electron chi connectivity index (χ3n) is 6.17. The van der Waals surface area contributed by atoms with Gasteiger partial charge >= 0.3 is 0 Å². The van der Waals surface area contributed by atoms with Crippen molar-refractivity contribution in [3.05, 3.63) is 65.5 Å². The first kappa shape index (κ1) is 19.5. The van der Waals surface area contributed by atoms with E-state index in [-0.39, 0.29) is 11.8 Å². The van der Waals surface area contributed by atoms with Crippen LogP contribution in [0.3, 0.4) is 0 Å². The standard InChI is InChI=1S/C24H22N6O3/c1-14-12-29-5-6-30(13-21(29)28-14)24(32)16-8-18-19(11-27-22(18)26-10-16)15-2-3-17-20(9-15)33-7-4-25-23(17)31/h2-3,8-12H,4-7,13H2,1H3,(H,25,31)(H,26,27). The molecule has 33 heavy (non-hydrogen) atoms. The molecule has 5 heterocycles. The Balaban J connectivity index is 1.34. The van der Waals surface area contributed by atoms with Gasteiger partial charge in [-0.2, -0.15) is 0 Å². The van der Waals surface area contributed by atoms with Crippen molar-refractivity contribution in [2.75, 3.05) is 19.7 Å². The topological polar surface area (TPSA) is 105 Å². The normalized spacial score (nSPS) is 15.4. The number of fused-ring (bicyclic) bond motifs is 3. The Kier molecular flexibility index (Phi) is 4.42. The van der Waals surface area contributed by atoms with E-state index < -0.39 is 0 Å². The number of hydrogen-bond acceptors (Lipinski definition) is 5. The van der Waals surface area contributed by atoms with Crippen molar-refractivity contribution in [3.8, 4) is 16.9 Å². The number of rotatable bonds is 2. The molecule has 0 aliphatic carbocycles. The van der Waals surface area contributed by atoms with Gasteiger partial charge < -0.3 is 24.5 Å². The van der Waals surface area contributed by atoms with E-state index in [1.165, 1.54) is 0 Å². The Hall–Kier alpha value is -4.14. The number of pyridine rings is 1. The molecule has 0 fully saturated rings. The lowest BCUT2D eigenvalue weighted by molar-refractivity contribution is 0.0707. The molecule has 2 N–H and O–H groups in total. The Bertz CT molecular complexity index is 1420. The Morgan fingerprint density at radius 3 is 3.00 bits per heavy atom. The second-order valence-electron chi connectivity index (χ2n) is 8.36. The predicted octanol–water partition coefficient (Wildman–Crippen LogP) is 2.51. The molecule has 3 aromatic heterocycles. The molecule has 0 unspecified atom stereocenters. The SMILES string of the molecule is Cc1cn2c(n1)CN(C(=O)c1cnc3[nH]cc(-c4ccc5c(c4)OCCNC5=O)c3c1)CC2. The van der Waals surface area contributed by atoms with Crippen LogP contribution < -0.4 is 10.1 Å². The molecule has 166 valence electrons. The van der Waals surface area contributed by atoms with E-state index in [9.17, 15) is 9.59 Å². The smallest absolute Gasteiger partial charge is 0.255 e. The van der Waals surface area contributed by atoms with Gasteiger partial charge in [0.2, 0.25) is 0 Å². The van der Waals surface area contributed by atoms with E-state index in [2.05, 4.69) is 24.8 Å². The van der Waals surface area contributed by atoms with Gasteiger partial charge in [-0.25, -0.2) is 9.97 Å². The largest absolute Gasteiger partial charge is 0.491 e. The zero-order chi connectivity index (χ0) is 22.5. The Morgan fingerprint density at radius 2 is 2.09 bits per heavy atom. The number of imidazole rings is 1. The third-order valence-corrected chi connectivity index (χ3v) is 6.17. The highest BCUT2D eigenvalue weighted by Gasteiger charge is 2.24. The molecule has 6 rings (SSSR count). The number of aryl methyl sites for hydroxylation is 1. The van der Waals surface area contributed by atoms with Crippen molar-refractivity contribution < 1.29 is 14.3 Å². The van der Waals surface area contributed by atoms with Crippen molar-refractivity contribution in [2.24, 2.45) is 0 Å². The minimum atomic E-state index is -0.139. The highest BCUT2D eigenvalue weighted by Crippen LogP contribution is 2.33. The van der Waals surface area contributed by atoms with Crippen LogP contribution in [0.1, 0.15) is 32.2 Å². The van der Waals surface area contributed by atoms with Gasteiger partial charge in [-0.1, -0.05) is 6.07 Å². The predicted molar refractivity (Wildman–Crippen MR) is 121 cm³/mol. The summed E-state index contributed by atoms with van der Waals surface area (Å²) in [5, 5.41) is 3.66. The van der Waals surface area contributed by atoms with E-state index in [0.717, 1.165) is 34.6 Å². The molecule has 1 aromatic carbocycles. The lowest BCUT2D eigenvalue weighted by Crippen LogP contribution is -2.38. The zero-order valence-electron chi connectivity index (χ0n) is 18.1. The number of benzene rings is 1. The van der Waals surface area contributed by atoms with E-state index in [4.69, 9.17) is 4.74 Å². The van der Waals surface area contributed by atoms with E-state index >= 15 is 0 Å². The first-order chi connectivity index (χ1) is 16.1. The van der Waals surface area contributed by atoms with Crippen LogP contribution in [-0.2, 0) is 13.1 Å². The van der Waals surface area contributed by atoms with Gasteiger partial charge in [-0.3, -0.25) is 9.59 Å². The van der Waals surface area contributed by atoms with E-state index in [1.54, 1.807) is 12.3 Å². The summed E-state index contributed by atoms with van der Waals surface area (Å²) in [6.07, 6.45) is 5.50. The van der Waals surface area contributed by atoms with E-state index in [0.29, 0.717) is 48.8 Å². The summed E-state index contributed by atoms with van der Waals surface area (Å²) in [5.41, 5.74) is 4.49. The number of aromatic nitrogens is 4. The van der Waals surface area contributed by atoms with Crippen LogP contribution >= 0.6 is 0 Å². The fraction of sp³-hybridized carbons (Fsp3) is 0.250. The van der Waals surface area contributed by atoms with Gasteiger partial charge in [0.1, 0.15) is 23.8 Å². The number of nitrogens with zero attached hydrogens (tertiary/aromatic N) is 4. The van der Waals surface area contributed by atoms with Gasteiger partial charge in [-0.15, -0.1) is 0 Å². The maximum Gasteiger partial charge on any atom is 0.255 e. The van der Waals surface area contributed by atoms with Crippen LogP contribution in [0.25, 0.3) is 22.2 Å². The molecule has 0 atom stereocenters. The Labute approximate surface area is 189 Å². The summed E-state index contributed by atoms with van der Waals surface area (Å²) in [6.45, 7) is 4.70. The molecule has 4 aromatic rings. The number of carbonyl (C=O) groups is 2. The fourth-order valence-electron chi connectivity index (χ4n) is 4.53. The third kappa shape index (κ3) is 3.32. The highest BCUT2D eigenvalue weighted by atomic mass is 16.5. The minimum absolute atomic E-state index is 0.0645. The molecular weight excluding hydrogens is 420 g/mol. The molecule has 9 nitrogen and oxygen atoms in total. The van der Waals surface area contributed by atoms with Crippen LogP contribution in [0.5, 0.6) is 5.75 Å². The zero-order valence-corrected chi connectivity index (χ0v) is 18.1. The second-order valence-corrected chi connectivity index (χ2v) is 8.36. The number of H-pyrrole nitrogens is 1. The van der Waals surface area contributed by atoms with Gasteiger partial charge in [-0.05, 0) is 30.7 Å². The maximum atomic E-state index is 13.3. The quantitative estimate of drug-likeness (QED) is 0.496. The molecule has 2 aliphatic rings. The molecule has 0 radical (unpaired) electrons. The summed E-state index contributed by atoms with van der Waals surface area (Å²) in [7, 11) is 0. The van der Waals surface area contributed by atoms with Crippen LogP contribution in [0, 0.1) is 6.92 Å². The minimum Gasteiger partial charge on any atom is -0.491 e. The molecule has 0 spiro atoms. The summed E-state index contributed by atoms with van der Waals surface area (Å²) >= 11 is 0. The van der Waals surface area contributed by atoms with Crippen LogP contribution in [0.15, 0.2) is 42.9 Å². The monoisotopic (exact) mass is 442 g/mol. The maximum absolute atomic E-state index is 13.3. The van der Waals surface area contributed by atoms with E-state index in [1.807, 2.05) is 42.4 Å². The number of ether oxygens (including phenoxy) is 1. The first-order valence-corrected chi connectivity index (χ1v) is 10.9. The van der Waals surface area contributed by atoms with Crippen molar-refractivity contribution in [1.29, 1.82) is 0 Å². The van der Waals surface area contributed by atoms with Crippen molar-refractivity contribution in [3.63, 3.8) is 0 Å².